The molecule has 1 aromatic carbocycles. The Kier molecular flexibility index (Phi) is 3.13. The predicted molar refractivity (Wildman–Crippen MR) is 67.4 cm³/mol. The maximum Gasteiger partial charge on any atom is 0.161 e. The van der Waals surface area contributed by atoms with Crippen molar-refractivity contribution in [3.05, 3.63) is 23.8 Å². The summed E-state index contributed by atoms with van der Waals surface area (Å²) in [5.74, 6) is 0.138. The van der Waals surface area contributed by atoms with Crippen LogP contribution in [0.25, 0.3) is 0 Å². The lowest BCUT2D eigenvalue weighted by atomic mass is 10.1. The van der Waals surface area contributed by atoms with E-state index in [2.05, 4.69) is 10.2 Å². The average Bonchev–Trinajstić information content (AvgIpc) is 2.81. The van der Waals surface area contributed by atoms with Crippen molar-refractivity contribution in [3.63, 3.8) is 0 Å². The Balaban J connectivity index is 2.39. The molecule has 16 heavy (non-hydrogen) atoms. The van der Waals surface area contributed by atoms with Crippen molar-refractivity contribution in [1.29, 1.82) is 0 Å². The minimum absolute atomic E-state index is 0.138. The van der Waals surface area contributed by atoms with E-state index < -0.39 is 0 Å². The van der Waals surface area contributed by atoms with Crippen LogP contribution in [0.15, 0.2) is 18.2 Å². The molecule has 0 radical (unpaired) electrons. The lowest BCUT2D eigenvalue weighted by Crippen LogP contribution is -2.20. The normalized spacial score (nSPS) is 15.2. The molecule has 0 unspecified atom stereocenters. The van der Waals surface area contributed by atoms with Crippen LogP contribution in [-0.4, -0.2) is 25.9 Å². The van der Waals surface area contributed by atoms with E-state index in [0.717, 1.165) is 30.0 Å². The van der Waals surface area contributed by atoms with E-state index in [0.29, 0.717) is 0 Å². The van der Waals surface area contributed by atoms with Gasteiger partial charge in [0.05, 0.1) is 0 Å². The number of carbonyl (C=O) groups excluding carboxylic acids is 1. The molecule has 0 saturated carbocycles. The first-order valence-electron chi connectivity index (χ1n) is 5.80. The fourth-order valence-corrected chi connectivity index (χ4v) is 2.21. The van der Waals surface area contributed by atoms with Crippen LogP contribution in [0.1, 0.15) is 30.1 Å². The molecule has 0 bridgehead atoms. The quantitative estimate of drug-likeness (QED) is 0.791. The maximum absolute atomic E-state index is 11.6. The lowest BCUT2D eigenvalue weighted by molar-refractivity contribution is 0.101. The average molecular weight is 218 g/mol. The van der Waals surface area contributed by atoms with Gasteiger partial charge in [0.25, 0.3) is 0 Å². The van der Waals surface area contributed by atoms with Gasteiger partial charge in [-0.2, -0.15) is 0 Å². The summed E-state index contributed by atoms with van der Waals surface area (Å²) in [4.78, 5) is 13.9. The van der Waals surface area contributed by atoms with Crippen molar-refractivity contribution >= 4 is 17.2 Å². The van der Waals surface area contributed by atoms with Crippen LogP contribution in [0.3, 0.4) is 0 Å². The third-order valence-corrected chi connectivity index (χ3v) is 3.11. The van der Waals surface area contributed by atoms with Crippen molar-refractivity contribution in [3.8, 4) is 0 Å². The molecular weight excluding hydrogens is 200 g/mol. The summed E-state index contributed by atoms with van der Waals surface area (Å²) >= 11 is 0. The Morgan fingerprint density at radius 2 is 2.00 bits per heavy atom. The summed E-state index contributed by atoms with van der Waals surface area (Å²) in [6.45, 7) is 3.77. The smallest absolute Gasteiger partial charge is 0.161 e. The Labute approximate surface area is 96.5 Å². The van der Waals surface area contributed by atoms with Gasteiger partial charge in [-0.05, 0) is 38.0 Å². The fraction of sp³-hybridized carbons (Fsp3) is 0.462. The number of benzene rings is 1. The second kappa shape index (κ2) is 4.56. The van der Waals surface area contributed by atoms with Crippen molar-refractivity contribution in [2.75, 3.05) is 30.4 Å². The highest BCUT2D eigenvalue weighted by Gasteiger charge is 2.17. The highest BCUT2D eigenvalue weighted by atomic mass is 16.1. The van der Waals surface area contributed by atoms with E-state index in [1.165, 1.54) is 12.8 Å². The Morgan fingerprint density at radius 3 is 2.56 bits per heavy atom. The van der Waals surface area contributed by atoms with Gasteiger partial charge in [0.1, 0.15) is 0 Å². The van der Waals surface area contributed by atoms with Gasteiger partial charge >= 0.3 is 0 Å². The molecule has 1 N–H and O–H groups in total. The molecule has 3 nitrogen and oxygen atoms in total. The Bertz CT molecular complexity index is 395. The minimum Gasteiger partial charge on any atom is -0.388 e. The summed E-state index contributed by atoms with van der Waals surface area (Å²) < 4.78 is 0. The second-order valence-electron chi connectivity index (χ2n) is 4.23. The monoisotopic (exact) mass is 218 g/mol. The van der Waals surface area contributed by atoms with Crippen LogP contribution >= 0.6 is 0 Å². The number of anilines is 2. The van der Waals surface area contributed by atoms with Crippen LogP contribution in [0, 0.1) is 0 Å². The number of nitrogens with zero attached hydrogens (tertiary/aromatic N) is 1. The van der Waals surface area contributed by atoms with Crippen LogP contribution in [-0.2, 0) is 0 Å². The molecule has 1 fully saturated rings. The summed E-state index contributed by atoms with van der Waals surface area (Å²) in [5, 5.41) is 3.07. The molecule has 3 heteroatoms. The minimum atomic E-state index is 0.138. The summed E-state index contributed by atoms with van der Waals surface area (Å²) in [7, 11) is 1.87. The molecule has 0 aliphatic carbocycles. The van der Waals surface area contributed by atoms with Gasteiger partial charge in [0, 0.05) is 37.1 Å². The van der Waals surface area contributed by atoms with Crippen LogP contribution < -0.4 is 10.2 Å². The van der Waals surface area contributed by atoms with Crippen molar-refractivity contribution in [2.45, 2.75) is 19.8 Å². The Morgan fingerprint density at radius 1 is 1.31 bits per heavy atom. The molecule has 0 aromatic heterocycles. The molecule has 1 aliphatic heterocycles. The first-order valence-corrected chi connectivity index (χ1v) is 5.80. The van der Waals surface area contributed by atoms with E-state index in [4.69, 9.17) is 0 Å². The summed E-state index contributed by atoms with van der Waals surface area (Å²) in [6, 6.07) is 6.02. The zero-order chi connectivity index (χ0) is 11.5. The zero-order valence-electron chi connectivity index (χ0n) is 9.92. The first kappa shape index (κ1) is 11.0. The van der Waals surface area contributed by atoms with Gasteiger partial charge in [0.2, 0.25) is 0 Å². The third-order valence-electron chi connectivity index (χ3n) is 3.11. The highest BCUT2D eigenvalue weighted by molar-refractivity contribution is 6.00. The number of nitrogens with one attached hydrogen (secondary N) is 1. The fourth-order valence-electron chi connectivity index (χ4n) is 2.21. The summed E-state index contributed by atoms with van der Waals surface area (Å²) in [6.07, 6.45) is 2.45. The molecule has 86 valence electrons. The van der Waals surface area contributed by atoms with E-state index in [1.54, 1.807) is 6.92 Å². The van der Waals surface area contributed by atoms with Gasteiger partial charge in [-0.15, -0.1) is 0 Å². The molecule has 1 heterocycles. The largest absolute Gasteiger partial charge is 0.388 e. The molecule has 0 amide bonds. The van der Waals surface area contributed by atoms with E-state index in [9.17, 15) is 4.79 Å². The van der Waals surface area contributed by atoms with E-state index in [-0.39, 0.29) is 5.78 Å². The standard InChI is InChI=1S/C13H18N2O/c1-10(16)12-9-11(14-2)5-6-13(12)15-7-3-4-8-15/h5-6,9,14H,3-4,7-8H2,1-2H3. The number of ketones is 1. The van der Waals surface area contributed by atoms with E-state index in [1.807, 2.05) is 25.2 Å². The van der Waals surface area contributed by atoms with Gasteiger partial charge in [-0.25, -0.2) is 0 Å². The lowest BCUT2D eigenvalue weighted by Gasteiger charge is -2.21. The molecule has 2 rings (SSSR count). The van der Waals surface area contributed by atoms with Crippen molar-refractivity contribution in [1.82, 2.24) is 0 Å². The molecule has 1 saturated heterocycles. The van der Waals surface area contributed by atoms with Gasteiger partial charge < -0.3 is 10.2 Å². The van der Waals surface area contributed by atoms with Crippen LogP contribution in [0.4, 0.5) is 11.4 Å². The van der Waals surface area contributed by atoms with Gasteiger partial charge in [-0.1, -0.05) is 0 Å². The number of rotatable bonds is 3. The molecule has 1 aliphatic rings. The Hall–Kier alpha value is -1.51. The van der Waals surface area contributed by atoms with Crippen LogP contribution in [0.5, 0.6) is 0 Å². The first-order chi connectivity index (χ1) is 7.72. The highest BCUT2D eigenvalue weighted by Crippen LogP contribution is 2.27. The van der Waals surface area contributed by atoms with Crippen molar-refractivity contribution in [2.24, 2.45) is 0 Å². The zero-order valence-corrected chi connectivity index (χ0v) is 9.92. The molecular formula is C13H18N2O. The molecule has 1 aromatic rings. The third kappa shape index (κ3) is 2.03. The van der Waals surface area contributed by atoms with Crippen molar-refractivity contribution < 1.29 is 4.79 Å². The van der Waals surface area contributed by atoms with E-state index >= 15 is 0 Å². The summed E-state index contributed by atoms with van der Waals surface area (Å²) in [5.41, 5.74) is 2.91. The molecule has 0 atom stereocenters. The number of carbonyl (C=O) groups is 1. The van der Waals surface area contributed by atoms with Crippen LogP contribution in [0.2, 0.25) is 0 Å². The number of hydrogen-bond donors (Lipinski definition) is 1. The number of Topliss-reactive ketones (excluding diaryl/α,β-unsaturated/α-hetero) is 1. The number of hydrogen-bond acceptors (Lipinski definition) is 3. The SMILES string of the molecule is CNc1ccc(N2CCCC2)c(C(C)=O)c1. The maximum atomic E-state index is 11.6. The molecule has 0 spiro atoms. The second-order valence-corrected chi connectivity index (χ2v) is 4.23. The van der Waals surface area contributed by atoms with Gasteiger partial charge in [0.15, 0.2) is 5.78 Å². The topological polar surface area (TPSA) is 32.3 Å². The predicted octanol–water partition coefficient (Wildman–Crippen LogP) is 2.53. The van der Waals surface area contributed by atoms with Gasteiger partial charge in [-0.3, -0.25) is 4.79 Å².